The van der Waals surface area contributed by atoms with Gasteiger partial charge in [-0.05, 0) is 38.8 Å². The molecule has 0 aromatic heterocycles. The second-order valence-electron chi connectivity index (χ2n) is 3.48. The maximum Gasteiger partial charge on any atom is -0.00431 e. The molecule has 1 heterocycles. The zero-order valence-electron chi connectivity index (χ0n) is 8.42. The van der Waals surface area contributed by atoms with E-state index >= 15 is 0 Å². The minimum Gasteiger partial charge on any atom is -0.317 e. The Hall–Kier alpha value is -0.820. The largest absolute Gasteiger partial charge is 0.317 e. The van der Waals surface area contributed by atoms with Crippen LogP contribution in [0.25, 0.3) is 0 Å². The zero-order valence-corrected chi connectivity index (χ0v) is 8.42. The van der Waals surface area contributed by atoms with Gasteiger partial charge in [-0.15, -0.1) is 0 Å². The molecule has 1 aliphatic heterocycles. The van der Waals surface area contributed by atoms with Gasteiger partial charge in [0.25, 0.3) is 0 Å². The third-order valence-corrected chi connectivity index (χ3v) is 2.48. The van der Waals surface area contributed by atoms with Crippen LogP contribution in [-0.4, -0.2) is 13.1 Å². The molecule has 0 saturated carbocycles. The standard InChI is InChI=1S/C12H19N/c1-3-4-5-6-11(2)12-7-9-13-10-8-12/h3-6,12-13H,2,7-10H2,1H3/b4-3-,6-5-. The van der Waals surface area contributed by atoms with E-state index in [1.54, 1.807) is 0 Å². The lowest BCUT2D eigenvalue weighted by Crippen LogP contribution is -2.28. The van der Waals surface area contributed by atoms with Crippen molar-refractivity contribution in [3.05, 3.63) is 36.5 Å². The summed E-state index contributed by atoms with van der Waals surface area (Å²) >= 11 is 0. The minimum absolute atomic E-state index is 0.697. The van der Waals surface area contributed by atoms with Crippen molar-refractivity contribution in [1.29, 1.82) is 0 Å². The molecule has 1 nitrogen and oxygen atoms in total. The fraction of sp³-hybridized carbons (Fsp3) is 0.500. The summed E-state index contributed by atoms with van der Waals surface area (Å²) in [6.07, 6.45) is 10.8. The lowest BCUT2D eigenvalue weighted by atomic mass is 9.91. The van der Waals surface area contributed by atoms with Gasteiger partial charge in [0.1, 0.15) is 0 Å². The van der Waals surface area contributed by atoms with Crippen LogP contribution in [0.1, 0.15) is 19.8 Å². The molecular formula is C12H19N. The van der Waals surface area contributed by atoms with Gasteiger partial charge in [0.15, 0.2) is 0 Å². The van der Waals surface area contributed by atoms with Crippen LogP contribution < -0.4 is 5.32 Å². The number of hydrogen-bond donors (Lipinski definition) is 1. The van der Waals surface area contributed by atoms with E-state index in [0.29, 0.717) is 5.92 Å². The molecule has 1 saturated heterocycles. The molecule has 0 aliphatic carbocycles. The Morgan fingerprint density at radius 1 is 1.31 bits per heavy atom. The van der Waals surface area contributed by atoms with Crippen LogP contribution in [0.15, 0.2) is 36.5 Å². The highest BCUT2D eigenvalue weighted by Crippen LogP contribution is 2.20. The molecule has 1 fully saturated rings. The van der Waals surface area contributed by atoms with Crippen LogP contribution in [-0.2, 0) is 0 Å². The van der Waals surface area contributed by atoms with Crippen molar-refractivity contribution in [1.82, 2.24) is 5.32 Å². The van der Waals surface area contributed by atoms with Gasteiger partial charge >= 0.3 is 0 Å². The van der Waals surface area contributed by atoms with E-state index in [0.717, 1.165) is 13.1 Å². The molecule has 1 N–H and O–H groups in total. The first-order valence-corrected chi connectivity index (χ1v) is 5.03. The van der Waals surface area contributed by atoms with E-state index in [1.165, 1.54) is 18.4 Å². The molecule has 13 heavy (non-hydrogen) atoms. The molecule has 0 radical (unpaired) electrons. The average molecular weight is 177 g/mol. The number of nitrogens with one attached hydrogen (secondary N) is 1. The van der Waals surface area contributed by atoms with Gasteiger partial charge in [-0.2, -0.15) is 0 Å². The highest BCUT2D eigenvalue weighted by molar-refractivity contribution is 5.21. The highest BCUT2D eigenvalue weighted by Gasteiger charge is 2.13. The third-order valence-electron chi connectivity index (χ3n) is 2.48. The van der Waals surface area contributed by atoms with Crippen molar-refractivity contribution >= 4 is 0 Å². The van der Waals surface area contributed by atoms with Crippen molar-refractivity contribution < 1.29 is 0 Å². The second kappa shape index (κ2) is 5.76. The Kier molecular flexibility index (Phi) is 4.55. The summed E-state index contributed by atoms with van der Waals surface area (Å²) in [6, 6.07) is 0. The van der Waals surface area contributed by atoms with Gasteiger partial charge in [-0.3, -0.25) is 0 Å². The van der Waals surface area contributed by atoms with E-state index in [9.17, 15) is 0 Å². The topological polar surface area (TPSA) is 12.0 Å². The number of piperidine rings is 1. The van der Waals surface area contributed by atoms with Crippen LogP contribution in [0.3, 0.4) is 0 Å². The summed E-state index contributed by atoms with van der Waals surface area (Å²) in [5.41, 5.74) is 1.28. The summed E-state index contributed by atoms with van der Waals surface area (Å²) in [7, 11) is 0. The Balaban J connectivity index is 2.37. The zero-order chi connectivity index (χ0) is 9.52. The number of hydrogen-bond acceptors (Lipinski definition) is 1. The summed E-state index contributed by atoms with van der Waals surface area (Å²) in [4.78, 5) is 0. The molecule has 0 spiro atoms. The predicted octanol–water partition coefficient (Wildman–Crippen LogP) is 2.67. The molecule has 0 aromatic carbocycles. The smallest absolute Gasteiger partial charge is 0.00431 e. The van der Waals surface area contributed by atoms with Gasteiger partial charge < -0.3 is 5.32 Å². The monoisotopic (exact) mass is 177 g/mol. The number of rotatable bonds is 3. The summed E-state index contributed by atoms with van der Waals surface area (Å²) in [5.74, 6) is 0.697. The van der Waals surface area contributed by atoms with Crippen molar-refractivity contribution in [3.63, 3.8) is 0 Å². The molecule has 0 bridgehead atoms. The first kappa shape index (κ1) is 10.3. The Morgan fingerprint density at radius 2 is 2.00 bits per heavy atom. The lowest BCUT2D eigenvalue weighted by Gasteiger charge is -2.22. The molecule has 0 unspecified atom stereocenters. The fourth-order valence-corrected chi connectivity index (χ4v) is 1.62. The Morgan fingerprint density at radius 3 is 2.62 bits per heavy atom. The van der Waals surface area contributed by atoms with Gasteiger partial charge in [0.2, 0.25) is 0 Å². The van der Waals surface area contributed by atoms with Crippen LogP contribution in [0.4, 0.5) is 0 Å². The first-order valence-electron chi connectivity index (χ1n) is 5.03. The summed E-state index contributed by atoms with van der Waals surface area (Å²) in [6.45, 7) is 8.41. The molecule has 72 valence electrons. The van der Waals surface area contributed by atoms with Gasteiger partial charge in [-0.25, -0.2) is 0 Å². The molecular weight excluding hydrogens is 158 g/mol. The highest BCUT2D eigenvalue weighted by atomic mass is 14.9. The van der Waals surface area contributed by atoms with Crippen molar-refractivity contribution in [2.45, 2.75) is 19.8 Å². The Labute approximate surface area is 81.2 Å². The Bertz CT molecular complexity index is 207. The van der Waals surface area contributed by atoms with Crippen LogP contribution in [0.5, 0.6) is 0 Å². The van der Waals surface area contributed by atoms with E-state index in [-0.39, 0.29) is 0 Å². The molecule has 0 amide bonds. The van der Waals surface area contributed by atoms with Gasteiger partial charge in [0, 0.05) is 0 Å². The third kappa shape index (κ3) is 3.60. The SMILES string of the molecule is C=C(/C=C\C=C/C)C1CCNCC1. The van der Waals surface area contributed by atoms with Crippen LogP contribution >= 0.6 is 0 Å². The van der Waals surface area contributed by atoms with E-state index in [2.05, 4.69) is 24.0 Å². The van der Waals surface area contributed by atoms with Crippen LogP contribution in [0, 0.1) is 5.92 Å². The molecule has 1 heteroatoms. The summed E-state index contributed by atoms with van der Waals surface area (Å²) in [5, 5.41) is 3.36. The predicted molar refractivity (Wildman–Crippen MR) is 58.7 cm³/mol. The first-order chi connectivity index (χ1) is 6.34. The van der Waals surface area contributed by atoms with E-state index < -0.39 is 0 Å². The maximum absolute atomic E-state index is 4.10. The van der Waals surface area contributed by atoms with Crippen LogP contribution in [0.2, 0.25) is 0 Å². The fourth-order valence-electron chi connectivity index (χ4n) is 1.62. The maximum atomic E-state index is 4.10. The number of allylic oxidation sites excluding steroid dienone is 5. The molecule has 0 atom stereocenters. The minimum atomic E-state index is 0.697. The molecule has 1 aliphatic rings. The quantitative estimate of drug-likeness (QED) is 0.653. The van der Waals surface area contributed by atoms with E-state index in [1.807, 2.05) is 19.1 Å². The van der Waals surface area contributed by atoms with Gasteiger partial charge in [0.05, 0.1) is 0 Å². The van der Waals surface area contributed by atoms with Crippen molar-refractivity contribution in [2.24, 2.45) is 5.92 Å². The normalized spacial score (nSPS) is 20.1. The van der Waals surface area contributed by atoms with E-state index in [4.69, 9.17) is 0 Å². The lowest BCUT2D eigenvalue weighted by molar-refractivity contribution is 0.426. The van der Waals surface area contributed by atoms with Crippen molar-refractivity contribution in [2.75, 3.05) is 13.1 Å². The molecule has 0 aromatic rings. The molecule has 1 rings (SSSR count). The average Bonchev–Trinajstić information content (AvgIpc) is 2.19. The van der Waals surface area contributed by atoms with Crippen molar-refractivity contribution in [3.8, 4) is 0 Å². The summed E-state index contributed by atoms with van der Waals surface area (Å²) < 4.78 is 0. The van der Waals surface area contributed by atoms with Gasteiger partial charge in [-0.1, -0.05) is 36.5 Å². The second-order valence-corrected chi connectivity index (χ2v) is 3.48.